The summed E-state index contributed by atoms with van der Waals surface area (Å²) in [6.45, 7) is 0. The van der Waals surface area contributed by atoms with Crippen molar-refractivity contribution < 1.29 is 39.6 Å². The molecule has 0 radical (unpaired) electrons. The van der Waals surface area contributed by atoms with Gasteiger partial charge in [-0.25, -0.2) is 19.2 Å². The molecule has 4 aromatic carbocycles. The van der Waals surface area contributed by atoms with Gasteiger partial charge in [0.15, 0.2) is 0 Å². The predicted octanol–water partition coefficient (Wildman–Crippen LogP) is 4.47. The highest BCUT2D eigenvalue weighted by atomic mass is 16.4. The second-order valence-electron chi connectivity index (χ2n) is 6.71. The van der Waals surface area contributed by atoms with E-state index in [9.17, 15) is 24.3 Å². The van der Waals surface area contributed by atoms with E-state index in [-0.39, 0.29) is 22.3 Å². The van der Waals surface area contributed by atoms with Crippen LogP contribution in [-0.2, 0) is 0 Å². The fourth-order valence-electron chi connectivity index (χ4n) is 3.18. The molecule has 8 nitrogen and oxygen atoms in total. The van der Waals surface area contributed by atoms with Crippen LogP contribution in [0.5, 0.6) is 0 Å². The molecule has 0 atom stereocenters. The number of hydrogen-bond acceptors (Lipinski definition) is 4. The largest absolute Gasteiger partial charge is 0.478 e. The molecule has 4 N–H and O–H groups in total. The van der Waals surface area contributed by atoms with Crippen LogP contribution in [0.3, 0.4) is 0 Å². The second-order valence-corrected chi connectivity index (χ2v) is 6.71. The van der Waals surface area contributed by atoms with Crippen LogP contribution in [-0.4, -0.2) is 44.3 Å². The lowest BCUT2D eigenvalue weighted by molar-refractivity contribution is 0.0653. The Labute approximate surface area is 180 Å². The summed E-state index contributed by atoms with van der Waals surface area (Å²) in [5, 5.41) is 38.4. The molecule has 32 heavy (non-hydrogen) atoms. The smallest absolute Gasteiger partial charge is 0.337 e. The summed E-state index contributed by atoms with van der Waals surface area (Å²) < 4.78 is 0. The summed E-state index contributed by atoms with van der Waals surface area (Å²) in [6, 6.07) is 19.1. The van der Waals surface area contributed by atoms with E-state index >= 15 is 0 Å². The van der Waals surface area contributed by atoms with Crippen molar-refractivity contribution in [1.29, 1.82) is 0 Å². The Hall–Kier alpha value is -4.72. The fourth-order valence-corrected chi connectivity index (χ4v) is 3.18. The highest BCUT2D eigenvalue weighted by Crippen LogP contribution is 2.28. The van der Waals surface area contributed by atoms with E-state index in [1.807, 2.05) is 30.3 Å². The first-order valence-corrected chi connectivity index (χ1v) is 9.18. The van der Waals surface area contributed by atoms with E-state index in [0.717, 1.165) is 10.8 Å². The Kier molecular flexibility index (Phi) is 6.16. The van der Waals surface area contributed by atoms with Gasteiger partial charge >= 0.3 is 23.9 Å². The Morgan fingerprint density at radius 1 is 0.500 bits per heavy atom. The minimum atomic E-state index is -1.24. The van der Waals surface area contributed by atoms with E-state index < -0.39 is 23.9 Å². The van der Waals surface area contributed by atoms with Gasteiger partial charge in [0.2, 0.25) is 0 Å². The summed E-state index contributed by atoms with van der Waals surface area (Å²) in [4.78, 5) is 43.3. The highest BCUT2D eigenvalue weighted by Gasteiger charge is 2.19. The van der Waals surface area contributed by atoms with Gasteiger partial charge < -0.3 is 20.4 Å². The average Bonchev–Trinajstić information content (AvgIpc) is 2.77. The summed E-state index contributed by atoms with van der Waals surface area (Å²) in [5.74, 6) is -4.60. The molecule has 4 aromatic rings. The van der Waals surface area contributed by atoms with Crippen LogP contribution in [0.15, 0.2) is 72.8 Å². The minimum absolute atomic E-state index is 0.0833. The standard InChI is InChI=1S/C16H10O4.C8H6O4/c17-15(18)12-6-5-11-7-9-3-1-2-4-10(9)8-13(11)14(12)16(19)20;9-7(10)5-1-2-6(4-3-5)8(11)12/h1-8H,(H,17,18)(H,19,20);1-4H,(H,9,10)(H,11,12). The lowest BCUT2D eigenvalue weighted by Crippen LogP contribution is -2.08. The number of carboxylic acids is 4. The molecular formula is C24H16O8. The van der Waals surface area contributed by atoms with E-state index in [4.69, 9.17) is 15.3 Å². The second kappa shape index (κ2) is 8.97. The van der Waals surface area contributed by atoms with Gasteiger partial charge in [-0.15, -0.1) is 0 Å². The molecule has 160 valence electrons. The number of aromatic carboxylic acids is 4. The van der Waals surface area contributed by atoms with Crippen molar-refractivity contribution in [1.82, 2.24) is 0 Å². The fraction of sp³-hybridized carbons (Fsp3) is 0. The maximum atomic E-state index is 11.4. The van der Waals surface area contributed by atoms with Gasteiger partial charge in [-0.2, -0.15) is 0 Å². The van der Waals surface area contributed by atoms with Crippen molar-refractivity contribution in [2.75, 3.05) is 0 Å². The number of carboxylic acid groups (broad SMARTS) is 4. The topological polar surface area (TPSA) is 149 Å². The predicted molar refractivity (Wildman–Crippen MR) is 116 cm³/mol. The molecule has 8 heteroatoms. The van der Waals surface area contributed by atoms with Crippen molar-refractivity contribution in [3.63, 3.8) is 0 Å². The Balaban J connectivity index is 0.000000207. The van der Waals surface area contributed by atoms with Crippen molar-refractivity contribution >= 4 is 45.4 Å². The first-order valence-electron chi connectivity index (χ1n) is 9.18. The average molecular weight is 432 g/mol. The summed E-state index contributed by atoms with van der Waals surface area (Å²) >= 11 is 0. The van der Waals surface area contributed by atoms with E-state index in [1.54, 1.807) is 12.1 Å². The lowest BCUT2D eigenvalue weighted by atomic mass is 9.96. The van der Waals surface area contributed by atoms with Crippen LogP contribution in [0.1, 0.15) is 41.4 Å². The summed E-state index contributed by atoms with van der Waals surface area (Å²) in [6.07, 6.45) is 0. The van der Waals surface area contributed by atoms with E-state index in [2.05, 4.69) is 0 Å². The van der Waals surface area contributed by atoms with Crippen molar-refractivity contribution in [2.24, 2.45) is 0 Å². The zero-order valence-electron chi connectivity index (χ0n) is 16.4. The zero-order chi connectivity index (χ0) is 23.4. The molecular weight excluding hydrogens is 416 g/mol. The van der Waals surface area contributed by atoms with Crippen LogP contribution >= 0.6 is 0 Å². The van der Waals surface area contributed by atoms with Crippen LogP contribution in [0, 0.1) is 0 Å². The molecule has 0 aliphatic heterocycles. The Bertz CT molecular complexity index is 1340. The van der Waals surface area contributed by atoms with E-state index in [1.165, 1.54) is 30.3 Å². The summed E-state index contributed by atoms with van der Waals surface area (Å²) in [7, 11) is 0. The number of fused-ring (bicyclic) bond motifs is 2. The van der Waals surface area contributed by atoms with Gasteiger partial charge in [-0.1, -0.05) is 30.3 Å². The third-order valence-electron chi connectivity index (χ3n) is 4.71. The molecule has 0 amide bonds. The van der Waals surface area contributed by atoms with Gasteiger partial charge in [0, 0.05) is 0 Å². The zero-order valence-corrected chi connectivity index (χ0v) is 16.4. The molecule has 0 aromatic heterocycles. The molecule has 0 spiro atoms. The molecule has 0 saturated carbocycles. The van der Waals surface area contributed by atoms with Crippen LogP contribution in [0.25, 0.3) is 21.5 Å². The molecule has 0 unspecified atom stereocenters. The van der Waals surface area contributed by atoms with E-state index in [0.29, 0.717) is 10.8 Å². The maximum Gasteiger partial charge on any atom is 0.337 e. The lowest BCUT2D eigenvalue weighted by Gasteiger charge is -2.08. The van der Waals surface area contributed by atoms with Crippen LogP contribution in [0.4, 0.5) is 0 Å². The van der Waals surface area contributed by atoms with Gasteiger partial charge in [0.1, 0.15) is 0 Å². The third-order valence-corrected chi connectivity index (χ3v) is 4.71. The van der Waals surface area contributed by atoms with Gasteiger partial charge in [0.05, 0.1) is 22.3 Å². The molecule has 0 fully saturated rings. The molecule has 0 bridgehead atoms. The maximum absolute atomic E-state index is 11.4. The van der Waals surface area contributed by atoms with Crippen LogP contribution in [0.2, 0.25) is 0 Å². The van der Waals surface area contributed by atoms with Gasteiger partial charge in [-0.3, -0.25) is 0 Å². The normalized spacial score (nSPS) is 10.2. The number of hydrogen-bond donors (Lipinski definition) is 4. The van der Waals surface area contributed by atoms with Gasteiger partial charge in [0.25, 0.3) is 0 Å². The molecule has 0 aliphatic rings. The molecule has 4 rings (SSSR count). The summed E-state index contributed by atoms with van der Waals surface area (Å²) in [5.41, 5.74) is -0.193. The monoisotopic (exact) mass is 432 g/mol. The first-order chi connectivity index (χ1) is 15.2. The van der Waals surface area contributed by atoms with Crippen molar-refractivity contribution in [3.8, 4) is 0 Å². The molecule has 0 heterocycles. The first kappa shape index (κ1) is 22.0. The number of carbonyl (C=O) groups is 4. The minimum Gasteiger partial charge on any atom is -0.478 e. The van der Waals surface area contributed by atoms with Crippen molar-refractivity contribution in [2.45, 2.75) is 0 Å². The SMILES string of the molecule is O=C(O)c1ccc(C(=O)O)cc1.O=C(O)c1ccc2cc3ccccc3cc2c1C(=O)O. The highest BCUT2D eigenvalue weighted by molar-refractivity contribution is 6.14. The van der Waals surface area contributed by atoms with Crippen LogP contribution < -0.4 is 0 Å². The van der Waals surface area contributed by atoms with Gasteiger partial charge in [-0.05, 0) is 64.0 Å². The third kappa shape index (κ3) is 4.54. The Morgan fingerprint density at radius 3 is 1.44 bits per heavy atom. The number of rotatable bonds is 4. The number of benzene rings is 4. The van der Waals surface area contributed by atoms with Crippen molar-refractivity contribution in [3.05, 3.63) is 95.1 Å². The quantitative estimate of drug-likeness (QED) is 0.345. The Morgan fingerprint density at radius 2 is 1.00 bits per heavy atom. The molecule has 0 aliphatic carbocycles. The molecule has 0 saturated heterocycles.